The van der Waals surface area contributed by atoms with Crippen molar-refractivity contribution in [2.24, 2.45) is 0 Å². The lowest BCUT2D eigenvalue weighted by Gasteiger charge is -2.16. The third-order valence-corrected chi connectivity index (χ3v) is 2.75. The number of nitrogens with zero attached hydrogens (tertiary/aromatic N) is 2. The summed E-state index contributed by atoms with van der Waals surface area (Å²) in [6.07, 6.45) is 2.60. The molecule has 1 heterocycles. The summed E-state index contributed by atoms with van der Waals surface area (Å²) in [7, 11) is 1.80. The van der Waals surface area contributed by atoms with Crippen LogP contribution in [-0.4, -0.2) is 34.7 Å². The summed E-state index contributed by atoms with van der Waals surface area (Å²) in [5.41, 5.74) is 1.47. The Hall–Kier alpha value is -0.900. The number of pyridine rings is 1. The van der Waals surface area contributed by atoms with Crippen molar-refractivity contribution in [3.8, 4) is 0 Å². The second-order valence-corrected chi connectivity index (χ2v) is 4.23. The van der Waals surface area contributed by atoms with E-state index >= 15 is 0 Å². The van der Waals surface area contributed by atoms with Gasteiger partial charge in [0.2, 0.25) is 0 Å². The number of halogens is 1. The molecule has 0 aliphatic carbocycles. The van der Waals surface area contributed by atoms with Crippen LogP contribution in [0.3, 0.4) is 0 Å². The van der Waals surface area contributed by atoms with E-state index in [1.807, 2.05) is 19.1 Å². The van der Waals surface area contributed by atoms with E-state index in [1.54, 1.807) is 18.1 Å². The molecule has 1 rings (SSSR count). The molecule has 15 heavy (non-hydrogen) atoms. The minimum Gasteiger partial charge on any atom is -0.340 e. The monoisotopic (exact) mass is 270 g/mol. The maximum absolute atomic E-state index is 11.9. The molecule has 0 atom stereocenters. The predicted molar refractivity (Wildman–Crippen MR) is 64.3 cm³/mol. The molecule has 0 saturated heterocycles. The van der Waals surface area contributed by atoms with Crippen molar-refractivity contribution in [3.63, 3.8) is 0 Å². The van der Waals surface area contributed by atoms with Crippen LogP contribution in [0.4, 0.5) is 0 Å². The maximum atomic E-state index is 11.9. The molecule has 0 spiro atoms. The van der Waals surface area contributed by atoms with Crippen LogP contribution in [0.25, 0.3) is 0 Å². The number of carbonyl (C=O) groups is 1. The first kappa shape index (κ1) is 12.2. The zero-order chi connectivity index (χ0) is 11.3. The van der Waals surface area contributed by atoms with Gasteiger partial charge in [-0.3, -0.25) is 9.78 Å². The van der Waals surface area contributed by atoms with E-state index < -0.39 is 0 Å². The normalized spacial score (nSPS) is 10.1. The zero-order valence-electron chi connectivity index (χ0n) is 9.03. The number of alkyl halides is 1. The number of carbonyl (C=O) groups excluding carboxylic acids is 1. The van der Waals surface area contributed by atoms with Gasteiger partial charge in [-0.2, -0.15) is 0 Å². The number of amides is 1. The van der Waals surface area contributed by atoms with Gasteiger partial charge in [-0.15, -0.1) is 0 Å². The first-order valence-electron chi connectivity index (χ1n) is 4.90. The number of hydrogen-bond donors (Lipinski definition) is 0. The van der Waals surface area contributed by atoms with Gasteiger partial charge in [0.05, 0.1) is 0 Å². The van der Waals surface area contributed by atoms with Crippen molar-refractivity contribution in [3.05, 3.63) is 29.6 Å². The van der Waals surface area contributed by atoms with Crippen LogP contribution in [0.2, 0.25) is 0 Å². The summed E-state index contributed by atoms with van der Waals surface area (Å²) < 4.78 is 0. The van der Waals surface area contributed by atoms with Crippen LogP contribution in [-0.2, 0) is 0 Å². The molecule has 0 aliphatic heterocycles. The maximum Gasteiger partial charge on any atom is 0.272 e. The largest absolute Gasteiger partial charge is 0.340 e. The predicted octanol–water partition coefficient (Wildman–Crippen LogP) is 2.25. The molecule has 0 saturated carbocycles. The SMILES string of the molecule is Cc1cccnc1C(=O)N(C)CCCBr. The van der Waals surface area contributed by atoms with Crippen LogP contribution < -0.4 is 0 Å². The fourth-order valence-electron chi connectivity index (χ4n) is 1.29. The topological polar surface area (TPSA) is 33.2 Å². The van der Waals surface area contributed by atoms with E-state index in [2.05, 4.69) is 20.9 Å². The van der Waals surface area contributed by atoms with Crippen molar-refractivity contribution < 1.29 is 4.79 Å². The molecule has 1 aromatic heterocycles. The average molecular weight is 271 g/mol. The van der Waals surface area contributed by atoms with Gasteiger partial charge >= 0.3 is 0 Å². The lowest BCUT2D eigenvalue weighted by atomic mass is 10.2. The van der Waals surface area contributed by atoms with E-state index in [0.29, 0.717) is 5.69 Å². The molecule has 0 aromatic carbocycles. The number of aromatic nitrogens is 1. The van der Waals surface area contributed by atoms with Crippen molar-refractivity contribution in [1.29, 1.82) is 0 Å². The minimum atomic E-state index is -0.00551. The summed E-state index contributed by atoms with van der Waals surface area (Å²) in [5, 5.41) is 0.909. The summed E-state index contributed by atoms with van der Waals surface area (Å²) in [4.78, 5) is 17.7. The molecule has 0 aliphatic rings. The lowest BCUT2D eigenvalue weighted by molar-refractivity contribution is 0.0789. The molecule has 0 radical (unpaired) electrons. The first-order valence-corrected chi connectivity index (χ1v) is 6.02. The van der Waals surface area contributed by atoms with E-state index in [1.165, 1.54) is 0 Å². The highest BCUT2D eigenvalue weighted by Crippen LogP contribution is 2.06. The van der Waals surface area contributed by atoms with Gasteiger partial charge in [0.25, 0.3) is 5.91 Å². The Morgan fingerprint density at radius 1 is 1.60 bits per heavy atom. The fraction of sp³-hybridized carbons (Fsp3) is 0.455. The van der Waals surface area contributed by atoms with Crippen molar-refractivity contribution in [2.45, 2.75) is 13.3 Å². The molecular formula is C11H15BrN2O. The second-order valence-electron chi connectivity index (χ2n) is 3.44. The highest BCUT2D eigenvalue weighted by atomic mass is 79.9. The number of rotatable bonds is 4. The molecule has 0 unspecified atom stereocenters. The van der Waals surface area contributed by atoms with E-state index in [-0.39, 0.29) is 5.91 Å². The van der Waals surface area contributed by atoms with Gasteiger partial charge in [-0.1, -0.05) is 22.0 Å². The Morgan fingerprint density at radius 2 is 2.33 bits per heavy atom. The van der Waals surface area contributed by atoms with Crippen LogP contribution in [0.5, 0.6) is 0 Å². The number of aryl methyl sites for hydroxylation is 1. The van der Waals surface area contributed by atoms with Gasteiger partial charge < -0.3 is 4.90 Å². The summed E-state index contributed by atoms with van der Waals surface area (Å²) in [6.45, 7) is 2.65. The molecule has 1 amide bonds. The molecule has 1 aromatic rings. The van der Waals surface area contributed by atoms with Gasteiger partial charge in [0.15, 0.2) is 0 Å². The minimum absolute atomic E-state index is 0.00551. The fourth-order valence-corrected chi connectivity index (χ4v) is 1.54. The molecule has 0 bridgehead atoms. The lowest BCUT2D eigenvalue weighted by Crippen LogP contribution is -2.29. The van der Waals surface area contributed by atoms with Crippen molar-refractivity contribution >= 4 is 21.8 Å². The summed E-state index contributed by atoms with van der Waals surface area (Å²) in [5.74, 6) is -0.00551. The van der Waals surface area contributed by atoms with Gasteiger partial charge in [-0.05, 0) is 25.0 Å². The quantitative estimate of drug-likeness (QED) is 0.787. The van der Waals surface area contributed by atoms with Crippen LogP contribution in [0.1, 0.15) is 22.5 Å². The summed E-state index contributed by atoms with van der Waals surface area (Å²) >= 11 is 3.34. The Balaban J connectivity index is 2.72. The van der Waals surface area contributed by atoms with Crippen LogP contribution in [0.15, 0.2) is 18.3 Å². The standard InChI is InChI=1S/C11H15BrN2O/c1-9-5-3-7-13-10(9)11(15)14(2)8-4-6-12/h3,5,7H,4,6,8H2,1-2H3. The average Bonchev–Trinajstić information content (AvgIpc) is 2.25. The Morgan fingerprint density at radius 3 is 2.93 bits per heavy atom. The molecule has 82 valence electrons. The summed E-state index contributed by atoms with van der Waals surface area (Å²) in [6, 6.07) is 3.74. The smallest absolute Gasteiger partial charge is 0.272 e. The molecule has 4 heteroatoms. The third-order valence-electron chi connectivity index (χ3n) is 2.19. The van der Waals surface area contributed by atoms with E-state index in [9.17, 15) is 4.79 Å². The Labute approximate surface area is 98.6 Å². The van der Waals surface area contributed by atoms with Gasteiger partial charge in [0.1, 0.15) is 5.69 Å². The highest BCUT2D eigenvalue weighted by Gasteiger charge is 2.14. The van der Waals surface area contributed by atoms with Crippen molar-refractivity contribution in [2.75, 3.05) is 18.9 Å². The first-order chi connectivity index (χ1) is 7.16. The van der Waals surface area contributed by atoms with Gasteiger partial charge in [-0.25, -0.2) is 0 Å². The Bertz CT molecular complexity index is 341. The molecular weight excluding hydrogens is 256 g/mol. The van der Waals surface area contributed by atoms with Crippen molar-refractivity contribution in [1.82, 2.24) is 9.88 Å². The third kappa shape index (κ3) is 3.30. The molecule has 0 N–H and O–H groups in total. The number of hydrogen-bond acceptors (Lipinski definition) is 2. The van der Waals surface area contributed by atoms with Gasteiger partial charge in [0, 0.05) is 25.1 Å². The van der Waals surface area contributed by atoms with Crippen LogP contribution in [0, 0.1) is 6.92 Å². The Kier molecular flexibility index (Phi) is 4.75. The van der Waals surface area contributed by atoms with E-state index in [4.69, 9.17) is 0 Å². The zero-order valence-corrected chi connectivity index (χ0v) is 10.6. The molecule has 3 nitrogen and oxygen atoms in total. The van der Waals surface area contributed by atoms with Crippen LogP contribution >= 0.6 is 15.9 Å². The van der Waals surface area contributed by atoms with E-state index in [0.717, 1.165) is 23.9 Å². The molecule has 0 fully saturated rings. The highest BCUT2D eigenvalue weighted by molar-refractivity contribution is 9.09. The second kappa shape index (κ2) is 5.85.